The molecule has 20 heavy (non-hydrogen) atoms. The standard InChI is InChI=1S/C15H19N3OS/c1-10-4-3-5-12(8-10)20-9-13-17-14(19-18-13)15(2,16)11-6-7-11/h3-5,8,11H,6-7,9,16H2,1-2H3. The van der Waals surface area contributed by atoms with Gasteiger partial charge < -0.3 is 10.3 Å². The lowest BCUT2D eigenvalue weighted by Crippen LogP contribution is -2.35. The summed E-state index contributed by atoms with van der Waals surface area (Å²) in [6.07, 6.45) is 2.31. The number of benzene rings is 1. The maximum atomic E-state index is 6.28. The van der Waals surface area contributed by atoms with Crippen molar-refractivity contribution in [1.29, 1.82) is 0 Å². The molecule has 4 nitrogen and oxygen atoms in total. The molecule has 3 rings (SSSR count). The molecule has 106 valence electrons. The van der Waals surface area contributed by atoms with Crippen molar-refractivity contribution in [1.82, 2.24) is 10.1 Å². The summed E-state index contributed by atoms with van der Waals surface area (Å²) in [5.41, 5.74) is 7.06. The fourth-order valence-electron chi connectivity index (χ4n) is 2.24. The van der Waals surface area contributed by atoms with Gasteiger partial charge in [0.2, 0.25) is 5.89 Å². The second-order valence-electron chi connectivity index (χ2n) is 5.68. The van der Waals surface area contributed by atoms with E-state index in [2.05, 4.69) is 41.3 Å². The molecule has 1 saturated carbocycles. The average molecular weight is 289 g/mol. The van der Waals surface area contributed by atoms with Gasteiger partial charge in [0, 0.05) is 4.90 Å². The Morgan fingerprint density at radius 1 is 1.45 bits per heavy atom. The van der Waals surface area contributed by atoms with E-state index in [4.69, 9.17) is 10.3 Å². The first kappa shape index (κ1) is 13.6. The first-order valence-corrected chi connectivity index (χ1v) is 7.85. The van der Waals surface area contributed by atoms with Gasteiger partial charge in [-0.1, -0.05) is 22.9 Å². The monoisotopic (exact) mass is 289 g/mol. The summed E-state index contributed by atoms with van der Waals surface area (Å²) in [5.74, 6) is 2.47. The lowest BCUT2D eigenvalue weighted by atomic mass is 9.97. The summed E-state index contributed by atoms with van der Waals surface area (Å²) >= 11 is 1.71. The predicted octanol–water partition coefficient (Wildman–Crippen LogP) is 3.25. The van der Waals surface area contributed by atoms with Crippen LogP contribution in [0.5, 0.6) is 0 Å². The number of rotatable bonds is 5. The summed E-state index contributed by atoms with van der Waals surface area (Å²) in [5, 5.41) is 4.04. The van der Waals surface area contributed by atoms with Crippen molar-refractivity contribution in [2.45, 2.75) is 42.9 Å². The zero-order chi connectivity index (χ0) is 14.2. The average Bonchev–Trinajstić information content (AvgIpc) is 3.16. The van der Waals surface area contributed by atoms with Gasteiger partial charge in [0.15, 0.2) is 5.82 Å². The SMILES string of the molecule is Cc1cccc(SCc2noc(C(C)(N)C3CC3)n2)c1. The molecule has 1 aliphatic rings. The van der Waals surface area contributed by atoms with Crippen LogP contribution in [0.4, 0.5) is 0 Å². The third-order valence-corrected chi connectivity index (χ3v) is 4.70. The van der Waals surface area contributed by atoms with Crippen LogP contribution < -0.4 is 5.73 Å². The van der Waals surface area contributed by atoms with E-state index in [-0.39, 0.29) is 0 Å². The first-order chi connectivity index (χ1) is 9.55. The number of nitrogens with zero attached hydrogens (tertiary/aromatic N) is 2. The Morgan fingerprint density at radius 2 is 2.25 bits per heavy atom. The highest BCUT2D eigenvalue weighted by Crippen LogP contribution is 2.43. The molecule has 1 atom stereocenters. The molecule has 1 aromatic heterocycles. The van der Waals surface area contributed by atoms with E-state index in [0.717, 1.165) is 12.8 Å². The fraction of sp³-hybridized carbons (Fsp3) is 0.467. The van der Waals surface area contributed by atoms with Crippen molar-refractivity contribution < 1.29 is 4.52 Å². The number of aryl methyl sites for hydroxylation is 1. The molecule has 0 saturated heterocycles. The summed E-state index contributed by atoms with van der Waals surface area (Å²) < 4.78 is 5.34. The van der Waals surface area contributed by atoms with Gasteiger partial charge in [-0.2, -0.15) is 4.98 Å². The second kappa shape index (κ2) is 5.22. The van der Waals surface area contributed by atoms with E-state index in [9.17, 15) is 0 Å². The summed E-state index contributed by atoms with van der Waals surface area (Å²) in [4.78, 5) is 5.67. The molecule has 0 spiro atoms. The van der Waals surface area contributed by atoms with Crippen molar-refractivity contribution in [2.24, 2.45) is 11.7 Å². The van der Waals surface area contributed by atoms with E-state index in [1.807, 2.05) is 6.92 Å². The highest BCUT2D eigenvalue weighted by atomic mass is 32.2. The van der Waals surface area contributed by atoms with Gasteiger partial charge in [0.25, 0.3) is 0 Å². The highest BCUT2D eigenvalue weighted by Gasteiger charge is 2.43. The molecule has 1 heterocycles. The third-order valence-electron chi connectivity index (χ3n) is 3.71. The van der Waals surface area contributed by atoms with Crippen LogP contribution in [0.1, 0.15) is 37.0 Å². The van der Waals surface area contributed by atoms with Crippen LogP contribution in [0.25, 0.3) is 0 Å². The van der Waals surface area contributed by atoms with E-state index in [0.29, 0.717) is 23.4 Å². The van der Waals surface area contributed by atoms with Crippen molar-refractivity contribution in [3.8, 4) is 0 Å². The van der Waals surface area contributed by atoms with Crippen LogP contribution in [0.3, 0.4) is 0 Å². The number of aromatic nitrogens is 2. The van der Waals surface area contributed by atoms with E-state index < -0.39 is 5.54 Å². The lowest BCUT2D eigenvalue weighted by molar-refractivity contribution is 0.272. The van der Waals surface area contributed by atoms with Crippen LogP contribution >= 0.6 is 11.8 Å². The molecule has 2 N–H and O–H groups in total. The molecule has 1 unspecified atom stereocenters. The Morgan fingerprint density at radius 3 is 2.95 bits per heavy atom. The third kappa shape index (κ3) is 2.88. The summed E-state index contributed by atoms with van der Waals surface area (Å²) in [6.45, 7) is 4.07. The maximum absolute atomic E-state index is 6.28. The van der Waals surface area contributed by atoms with Crippen molar-refractivity contribution in [3.05, 3.63) is 41.5 Å². The molecular formula is C15H19N3OS. The maximum Gasteiger partial charge on any atom is 0.246 e. The Bertz CT molecular complexity index is 605. The Labute approximate surface area is 123 Å². The van der Waals surface area contributed by atoms with Crippen LogP contribution in [-0.2, 0) is 11.3 Å². The predicted molar refractivity (Wildman–Crippen MR) is 79.3 cm³/mol. The van der Waals surface area contributed by atoms with Crippen molar-refractivity contribution >= 4 is 11.8 Å². The fourth-order valence-corrected chi connectivity index (χ4v) is 3.10. The second-order valence-corrected chi connectivity index (χ2v) is 6.73. The minimum absolute atomic E-state index is 0.473. The Kier molecular flexibility index (Phi) is 3.56. The topological polar surface area (TPSA) is 64.9 Å². The van der Waals surface area contributed by atoms with Gasteiger partial charge in [0.05, 0.1) is 11.3 Å². The Hall–Kier alpha value is -1.33. The molecule has 2 aromatic rings. The highest BCUT2D eigenvalue weighted by molar-refractivity contribution is 7.98. The van der Waals surface area contributed by atoms with Gasteiger partial charge in [-0.15, -0.1) is 11.8 Å². The van der Waals surface area contributed by atoms with E-state index in [1.54, 1.807) is 11.8 Å². The van der Waals surface area contributed by atoms with Gasteiger partial charge in [-0.05, 0) is 44.7 Å². The molecule has 0 aliphatic heterocycles. The zero-order valence-electron chi connectivity index (χ0n) is 11.8. The molecule has 1 aliphatic carbocycles. The van der Waals surface area contributed by atoms with Gasteiger partial charge in [0.1, 0.15) is 0 Å². The largest absolute Gasteiger partial charge is 0.337 e. The molecule has 1 fully saturated rings. The number of hydrogen-bond acceptors (Lipinski definition) is 5. The minimum Gasteiger partial charge on any atom is -0.337 e. The number of hydrogen-bond donors (Lipinski definition) is 1. The minimum atomic E-state index is -0.473. The van der Waals surface area contributed by atoms with Gasteiger partial charge in [-0.3, -0.25) is 0 Å². The summed E-state index contributed by atoms with van der Waals surface area (Å²) in [7, 11) is 0. The quantitative estimate of drug-likeness (QED) is 0.856. The molecule has 0 bridgehead atoms. The van der Waals surface area contributed by atoms with Crippen LogP contribution in [0, 0.1) is 12.8 Å². The van der Waals surface area contributed by atoms with E-state index in [1.165, 1.54) is 10.5 Å². The normalized spacial score (nSPS) is 17.9. The molecule has 0 radical (unpaired) electrons. The Balaban J connectivity index is 1.65. The lowest BCUT2D eigenvalue weighted by Gasteiger charge is -2.18. The zero-order valence-corrected chi connectivity index (χ0v) is 12.6. The summed E-state index contributed by atoms with van der Waals surface area (Å²) in [6, 6.07) is 8.40. The molecular weight excluding hydrogens is 270 g/mol. The van der Waals surface area contributed by atoms with Crippen molar-refractivity contribution in [3.63, 3.8) is 0 Å². The van der Waals surface area contributed by atoms with Gasteiger partial charge >= 0.3 is 0 Å². The molecule has 5 heteroatoms. The van der Waals surface area contributed by atoms with Crippen LogP contribution in [-0.4, -0.2) is 10.1 Å². The van der Waals surface area contributed by atoms with Crippen LogP contribution in [0.15, 0.2) is 33.7 Å². The van der Waals surface area contributed by atoms with Crippen LogP contribution in [0.2, 0.25) is 0 Å². The van der Waals surface area contributed by atoms with Crippen molar-refractivity contribution in [2.75, 3.05) is 0 Å². The number of nitrogens with two attached hydrogens (primary N) is 1. The molecule has 1 aromatic carbocycles. The van der Waals surface area contributed by atoms with E-state index >= 15 is 0 Å². The van der Waals surface area contributed by atoms with Gasteiger partial charge in [-0.25, -0.2) is 0 Å². The number of thioether (sulfide) groups is 1. The molecule has 0 amide bonds. The first-order valence-electron chi connectivity index (χ1n) is 6.87. The smallest absolute Gasteiger partial charge is 0.246 e.